The van der Waals surface area contributed by atoms with E-state index in [2.05, 4.69) is 10.3 Å². The van der Waals surface area contributed by atoms with Gasteiger partial charge in [-0.25, -0.2) is 13.2 Å². The van der Waals surface area contributed by atoms with Crippen LogP contribution in [0.3, 0.4) is 0 Å². The van der Waals surface area contributed by atoms with Crippen molar-refractivity contribution in [1.82, 2.24) is 19.5 Å². The van der Waals surface area contributed by atoms with Gasteiger partial charge in [-0.2, -0.15) is 4.31 Å². The average Bonchev–Trinajstić information content (AvgIpc) is 2.53. The number of amides is 2. The Morgan fingerprint density at radius 3 is 2.64 bits per heavy atom. The molecule has 0 bridgehead atoms. The monoisotopic (exact) mass is 366 g/mol. The van der Waals surface area contributed by atoms with Crippen LogP contribution in [0.1, 0.15) is 37.7 Å². The standard InChI is InChI=1S/C17H26N4O3S/c1-25(23,24)21(11-14-6-5-9-18-10-14)16-12-20(13-16)17(22)19-15-7-3-2-4-8-15/h5-6,9-10,15-16H,2-4,7-8,11-13H2,1H3,(H,19,22). The lowest BCUT2D eigenvalue weighted by Gasteiger charge is -2.44. The molecule has 8 heteroatoms. The molecule has 0 spiro atoms. The van der Waals surface area contributed by atoms with Crippen LogP contribution in [0.15, 0.2) is 24.5 Å². The Hall–Kier alpha value is -1.67. The third-order valence-electron chi connectivity index (χ3n) is 4.98. The van der Waals surface area contributed by atoms with Crippen molar-refractivity contribution in [2.24, 2.45) is 0 Å². The summed E-state index contributed by atoms with van der Waals surface area (Å²) in [5.41, 5.74) is 0.845. The number of urea groups is 1. The van der Waals surface area contributed by atoms with Gasteiger partial charge in [0.15, 0.2) is 0 Å². The summed E-state index contributed by atoms with van der Waals surface area (Å²) in [6, 6.07) is 3.67. The number of likely N-dealkylation sites (tertiary alicyclic amines) is 1. The van der Waals surface area contributed by atoms with E-state index in [1.165, 1.54) is 29.8 Å². The minimum atomic E-state index is -3.35. The minimum Gasteiger partial charge on any atom is -0.335 e. The van der Waals surface area contributed by atoms with Crippen LogP contribution in [0.4, 0.5) is 4.79 Å². The van der Waals surface area contributed by atoms with Crippen LogP contribution in [-0.4, -0.2) is 60.1 Å². The number of hydrogen-bond donors (Lipinski definition) is 1. The van der Waals surface area contributed by atoms with E-state index in [1.54, 1.807) is 23.4 Å². The average molecular weight is 366 g/mol. The molecule has 0 unspecified atom stereocenters. The lowest BCUT2D eigenvalue weighted by atomic mass is 9.95. The fraction of sp³-hybridized carbons (Fsp3) is 0.647. The Balaban J connectivity index is 1.55. The van der Waals surface area contributed by atoms with E-state index in [0.29, 0.717) is 13.1 Å². The molecular formula is C17H26N4O3S. The van der Waals surface area contributed by atoms with Gasteiger partial charge < -0.3 is 10.2 Å². The molecule has 0 atom stereocenters. The predicted octanol–water partition coefficient (Wildman–Crippen LogP) is 1.57. The van der Waals surface area contributed by atoms with E-state index in [9.17, 15) is 13.2 Å². The van der Waals surface area contributed by atoms with Gasteiger partial charge in [0.2, 0.25) is 10.0 Å². The van der Waals surface area contributed by atoms with Crippen LogP contribution < -0.4 is 5.32 Å². The van der Waals surface area contributed by atoms with Gasteiger partial charge in [0.05, 0.1) is 12.3 Å². The van der Waals surface area contributed by atoms with Crippen LogP contribution in [0, 0.1) is 0 Å². The van der Waals surface area contributed by atoms with E-state index in [4.69, 9.17) is 0 Å². The summed E-state index contributed by atoms with van der Waals surface area (Å²) < 4.78 is 25.8. The fourth-order valence-electron chi connectivity index (χ4n) is 3.50. The van der Waals surface area contributed by atoms with Crippen molar-refractivity contribution in [2.75, 3.05) is 19.3 Å². The first-order valence-electron chi connectivity index (χ1n) is 8.84. The maximum absolute atomic E-state index is 12.3. The van der Waals surface area contributed by atoms with Gasteiger partial charge in [-0.1, -0.05) is 25.3 Å². The van der Waals surface area contributed by atoms with Crippen molar-refractivity contribution < 1.29 is 13.2 Å². The number of carbonyl (C=O) groups excluding carboxylic acids is 1. The first-order chi connectivity index (χ1) is 11.9. The first-order valence-corrected chi connectivity index (χ1v) is 10.7. The molecule has 3 rings (SSSR count). The smallest absolute Gasteiger partial charge is 0.317 e. The molecule has 138 valence electrons. The molecule has 1 saturated carbocycles. The third-order valence-corrected chi connectivity index (χ3v) is 6.26. The molecule has 0 radical (unpaired) electrons. The number of nitrogens with zero attached hydrogens (tertiary/aromatic N) is 3. The lowest BCUT2D eigenvalue weighted by Crippen LogP contribution is -2.64. The highest BCUT2D eigenvalue weighted by molar-refractivity contribution is 7.88. The van der Waals surface area contributed by atoms with Crippen molar-refractivity contribution in [3.05, 3.63) is 30.1 Å². The van der Waals surface area contributed by atoms with E-state index in [0.717, 1.165) is 18.4 Å². The molecule has 1 saturated heterocycles. The summed E-state index contributed by atoms with van der Waals surface area (Å²) in [5, 5.41) is 3.08. The number of aromatic nitrogens is 1. The molecule has 1 N–H and O–H groups in total. The highest BCUT2D eigenvalue weighted by Crippen LogP contribution is 2.22. The molecule has 1 aromatic heterocycles. The first kappa shape index (κ1) is 18.1. The molecule has 2 heterocycles. The molecule has 25 heavy (non-hydrogen) atoms. The third kappa shape index (κ3) is 4.70. The molecular weight excluding hydrogens is 340 g/mol. The summed E-state index contributed by atoms with van der Waals surface area (Å²) in [7, 11) is -3.35. The Bertz CT molecular complexity index is 683. The van der Waals surface area contributed by atoms with Crippen LogP contribution in [-0.2, 0) is 16.6 Å². The summed E-state index contributed by atoms with van der Waals surface area (Å²) in [5.74, 6) is 0. The molecule has 2 fully saturated rings. The van der Waals surface area contributed by atoms with Gasteiger partial charge in [0.1, 0.15) is 0 Å². The van der Waals surface area contributed by atoms with Gasteiger partial charge in [-0.15, -0.1) is 0 Å². The van der Waals surface area contributed by atoms with Gasteiger partial charge in [-0.05, 0) is 24.5 Å². The number of pyridine rings is 1. The SMILES string of the molecule is CS(=O)(=O)N(Cc1cccnc1)C1CN(C(=O)NC2CCCCC2)C1. The maximum atomic E-state index is 12.3. The number of sulfonamides is 1. The second kappa shape index (κ2) is 7.70. The lowest BCUT2D eigenvalue weighted by molar-refractivity contribution is 0.0955. The number of hydrogen-bond acceptors (Lipinski definition) is 4. The van der Waals surface area contributed by atoms with Crippen LogP contribution >= 0.6 is 0 Å². The fourth-order valence-corrected chi connectivity index (χ4v) is 4.56. The molecule has 1 aliphatic carbocycles. The van der Waals surface area contributed by atoms with Crippen molar-refractivity contribution >= 4 is 16.1 Å². The minimum absolute atomic E-state index is 0.0713. The second-order valence-electron chi connectivity index (χ2n) is 7.01. The van der Waals surface area contributed by atoms with Gasteiger partial charge in [0, 0.05) is 38.1 Å². The Kier molecular flexibility index (Phi) is 5.58. The summed E-state index contributed by atoms with van der Waals surface area (Å²) in [4.78, 5) is 18.0. The van der Waals surface area contributed by atoms with Crippen LogP contribution in [0.25, 0.3) is 0 Å². The summed E-state index contributed by atoms with van der Waals surface area (Å²) in [6.07, 6.45) is 10.2. The largest absolute Gasteiger partial charge is 0.335 e. The maximum Gasteiger partial charge on any atom is 0.317 e. The van der Waals surface area contributed by atoms with Crippen molar-refractivity contribution in [1.29, 1.82) is 0 Å². The molecule has 7 nitrogen and oxygen atoms in total. The van der Waals surface area contributed by atoms with Gasteiger partial charge in [-0.3, -0.25) is 4.98 Å². The zero-order valence-electron chi connectivity index (χ0n) is 14.6. The van der Waals surface area contributed by atoms with E-state index in [1.807, 2.05) is 6.07 Å². The van der Waals surface area contributed by atoms with Crippen molar-refractivity contribution in [3.8, 4) is 0 Å². The van der Waals surface area contributed by atoms with Crippen molar-refractivity contribution in [3.63, 3.8) is 0 Å². The Labute approximate surface area is 149 Å². The predicted molar refractivity (Wildman–Crippen MR) is 95.4 cm³/mol. The van der Waals surface area contributed by atoms with Crippen LogP contribution in [0.5, 0.6) is 0 Å². The van der Waals surface area contributed by atoms with E-state index < -0.39 is 10.0 Å². The number of nitrogens with one attached hydrogen (secondary N) is 1. The quantitative estimate of drug-likeness (QED) is 0.857. The van der Waals surface area contributed by atoms with Gasteiger partial charge >= 0.3 is 6.03 Å². The number of carbonyl (C=O) groups is 1. The zero-order valence-corrected chi connectivity index (χ0v) is 15.4. The molecule has 1 aliphatic heterocycles. The van der Waals surface area contributed by atoms with Crippen molar-refractivity contribution in [2.45, 2.75) is 50.7 Å². The van der Waals surface area contributed by atoms with E-state index in [-0.39, 0.29) is 24.7 Å². The van der Waals surface area contributed by atoms with Crippen LogP contribution in [0.2, 0.25) is 0 Å². The summed E-state index contributed by atoms with van der Waals surface area (Å²) in [6.45, 7) is 1.16. The highest BCUT2D eigenvalue weighted by Gasteiger charge is 2.39. The highest BCUT2D eigenvalue weighted by atomic mass is 32.2. The molecule has 2 aliphatic rings. The Morgan fingerprint density at radius 2 is 2.04 bits per heavy atom. The number of rotatable bonds is 5. The topological polar surface area (TPSA) is 82.6 Å². The summed E-state index contributed by atoms with van der Waals surface area (Å²) >= 11 is 0. The molecule has 0 aromatic carbocycles. The second-order valence-corrected chi connectivity index (χ2v) is 8.95. The Morgan fingerprint density at radius 1 is 1.32 bits per heavy atom. The van der Waals surface area contributed by atoms with Gasteiger partial charge in [0.25, 0.3) is 0 Å². The normalized spacial score (nSPS) is 19.7. The zero-order chi connectivity index (χ0) is 17.9. The molecule has 1 aromatic rings. The van der Waals surface area contributed by atoms with E-state index >= 15 is 0 Å². The molecule has 2 amide bonds.